The van der Waals surface area contributed by atoms with Gasteiger partial charge in [0.05, 0.1) is 13.0 Å². The molecule has 1 atom stereocenters. The molecule has 0 amide bonds. The van der Waals surface area contributed by atoms with Crippen molar-refractivity contribution in [2.45, 2.75) is 71.9 Å². The van der Waals surface area contributed by atoms with E-state index in [1.165, 1.54) is 0 Å². The van der Waals surface area contributed by atoms with E-state index < -0.39 is 29.2 Å². The normalized spacial score (nSPS) is 13.2. The topological polar surface area (TPSA) is 71.1 Å². The minimum absolute atomic E-state index is 0.137. The van der Waals surface area contributed by atoms with E-state index in [1.807, 2.05) is 30.3 Å². The lowest BCUT2D eigenvalue weighted by Gasteiger charge is -2.25. The molecule has 0 N–H and O–H groups in total. The zero-order chi connectivity index (χ0) is 19.8. The monoisotopic (exact) mass is 366 g/mol. The van der Waals surface area contributed by atoms with Crippen molar-refractivity contribution in [2.75, 3.05) is 6.79 Å². The third-order valence-corrected chi connectivity index (χ3v) is 2.91. The van der Waals surface area contributed by atoms with Crippen LogP contribution in [0.5, 0.6) is 0 Å². The summed E-state index contributed by atoms with van der Waals surface area (Å²) in [4.78, 5) is 24.4. The number of hydrogen-bond acceptors (Lipinski definition) is 6. The SMILES string of the molecule is CC(C)(C)OC(=O)C[C@H](OCOCc1ccccc1)C(=O)OC(C)(C)C. The van der Waals surface area contributed by atoms with Gasteiger partial charge in [0.1, 0.15) is 18.0 Å². The predicted octanol–water partition coefficient (Wildman–Crippen LogP) is 3.62. The maximum Gasteiger partial charge on any atom is 0.336 e. The Morgan fingerprint density at radius 2 is 1.50 bits per heavy atom. The van der Waals surface area contributed by atoms with E-state index in [1.54, 1.807) is 41.5 Å². The third-order valence-electron chi connectivity index (χ3n) is 2.91. The summed E-state index contributed by atoms with van der Waals surface area (Å²) in [5.74, 6) is -1.15. The average Bonchev–Trinajstić information content (AvgIpc) is 2.47. The van der Waals surface area contributed by atoms with Crippen molar-refractivity contribution in [3.63, 3.8) is 0 Å². The maximum absolute atomic E-state index is 12.3. The first-order chi connectivity index (χ1) is 12.0. The summed E-state index contributed by atoms with van der Waals surface area (Å²) in [7, 11) is 0. The van der Waals surface area contributed by atoms with Gasteiger partial charge in [-0.1, -0.05) is 30.3 Å². The Balaban J connectivity index is 2.59. The van der Waals surface area contributed by atoms with Gasteiger partial charge in [-0.3, -0.25) is 4.79 Å². The number of hydrogen-bond donors (Lipinski definition) is 0. The Bertz CT molecular complexity index is 568. The Morgan fingerprint density at radius 1 is 0.923 bits per heavy atom. The van der Waals surface area contributed by atoms with Crippen LogP contribution in [-0.4, -0.2) is 36.0 Å². The van der Waals surface area contributed by atoms with Gasteiger partial charge in [-0.25, -0.2) is 4.79 Å². The van der Waals surface area contributed by atoms with Gasteiger partial charge in [-0.05, 0) is 47.1 Å². The van der Waals surface area contributed by atoms with E-state index in [9.17, 15) is 9.59 Å². The van der Waals surface area contributed by atoms with Gasteiger partial charge in [0.2, 0.25) is 0 Å². The van der Waals surface area contributed by atoms with Crippen LogP contribution < -0.4 is 0 Å². The Hall–Kier alpha value is -1.92. The van der Waals surface area contributed by atoms with Crippen molar-refractivity contribution in [1.29, 1.82) is 0 Å². The molecule has 146 valence electrons. The van der Waals surface area contributed by atoms with Crippen molar-refractivity contribution in [3.8, 4) is 0 Å². The first kappa shape index (κ1) is 22.1. The first-order valence-electron chi connectivity index (χ1n) is 8.64. The molecule has 26 heavy (non-hydrogen) atoms. The summed E-state index contributed by atoms with van der Waals surface area (Å²) in [5.41, 5.74) is -0.339. The molecule has 0 saturated carbocycles. The van der Waals surface area contributed by atoms with Crippen LogP contribution in [0.4, 0.5) is 0 Å². The molecule has 6 nitrogen and oxygen atoms in total. The lowest BCUT2D eigenvalue weighted by atomic mass is 10.1. The molecule has 0 aromatic heterocycles. The molecular formula is C20H30O6. The molecule has 0 aliphatic rings. The molecule has 0 bridgehead atoms. The van der Waals surface area contributed by atoms with Crippen LogP contribution >= 0.6 is 0 Å². The van der Waals surface area contributed by atoms with Crippen molar-refractivity contribution in [3.05, 3.63) is 35.9 Å². The zero-order valence-electron chi connectivity index (χ0n) is 16.5. The van der Waals surface area contributed by atoms with Crippen LogP contribution in [0.25, 0.3) is 0 Å². The molecule has 1 rings (SSSR count). The molecule has 6 heteroatoms. The fourth-order valence-corrected chi connectivity index (χ4v) is 1.98. The first-order valence-corrected chi connectivity index (χ1v) is 8.64. The minimum atomic E-state index is -1.08. The van der Waals surface area contributed by atoms with Gasteiger partial charge in [0, 0.05) is 0 Å². The van der Waals surface area contributed by atoms with Gasteiger partial charge < -0.3 is 18.9 Å². The molecule has 0 radical (unpaired) electrons. The number of esters is 2. The number of benzene rings is 1. The number of ether oxygens (including phenoxy) is 4. The molecule has 1 aromatic rings. The second kappa shape index (κ2) is 9.69. The van der Waals surface area contributed by atoms with Crippen LogP contribution in [0.15, 0.2) is 30.3 Å². The standard InChI is InChI=1S/C20H30O6/c1-19(2,3)25-17(21)12-16(18(22)26-20(4,5)6)24-14-23-13-15-10-8-7-9-11-15/h7-11,16H,12-14H2,1-6H3/t16-/m0/s1. The lowest BCUT2D eigenvalue weighted by molar-refractivity contribution is -0.185. The third kappa shape index (κ3) is 10.2. The predicted molar refractivity (Wildman–Crippen MR) is 97.3 cm³/mol. The van der Waals surface area contributed by atoms with Crippen LogP contribution in [-0.2, 0) is 35.1 Å². The Kier molecular flexibility index (Phi) is 8.24. The second-order valence-electron chi connectivity index (χ2n) is 7.93. The Labute approximate surface area is 155 Å². The fraction of sp³-hybridized carbons (Fsp3) is 0.600. The molecule has 0 aliphatic carbocycles. The molecule has 0 fully saturated rings. The summed E-state index contributed by atoms with van der Waals surface area (Å²) >= 11 is 0. The maximum atomic E-state index is 12.3. The molecule has 0 saturated heterocycles. The van der Waals surface area contributed by atoms with Gasteiger partial charge >= 0.3 is 11.9 Å². The van der Waals surface area contributed by atoms with Crippen molar-refractivity contribution < 1.29 is 28.5 Å². The van der Waals surface area contributed by atoms with Crippen molar-refractivity contribution in [1.82, 2.24) is 0 Å². The molecule has 0 spiro atoms. The molecule has 1 aromatic carbocycles. The fourth-order valence-electron chi connectivity index (χ4n) is 1.98. The molecule has 0 unspecified atom stereocenters. The largest absolute Gasteiger partial charge is 0.460 e. The highest BCUT2D eigenvalue weighted by atomic mass is 16.7. The lowest BCUT2D eigenvalue weighted by Crippen LogP contribution is -2.37. The summed E-state index contributed by atoms with van der Waals surface area (Å²) < 4.78 is 21.5. The summed E-state index contributed by atoms with van der Waals surface area (Å²) in [6.45, 7) is 10.7. The number of rotatable bonds is 8. The second-order valence-corrected chi connectivity index (χ2v) is 7.93. The van der Waals surface area contributed by atoms with Gasteiger partial charge in [0.25, 0.3) is 0 Å². The minimum Gasteiger partial charge on any atom is -0.460 e. The van der Waals surface area contributed by atoms with Crippen LogP contribution in [0, 0.1) is 0 Å². The highest BCUT2D eigenvalue weighted by Gasteiger charge is 2.30. The molecular weight excluding hydrogens is 336 g/mol. The van der Waals surface area contributed by atoms with Gasteiger partial charge in [0.15, 0.2) is 6.10 Å². The molecule has 0 heterocycles. The summed E-state index contributed by atoms with van der Waals surface area (Å²) in [6.07, 6.45) is -1.32. The smallest absolute Gasteiger partial charge is 0.336 e. The van der Waals surface area contributed by atoms with E-state index in [0.717, 1.165) is 5.56 Å². The highest BCUT2D eigenvalue weighted by molar-refractivity contribution is 5.82. The van der Waals surface area contributed by atoms with E-state index in [4.69, 9.17) is 18.9 Å². The van der Waals surface area contributed by atoms with Gasteiger partial charge in [-0.15, -0.1) is 0 Å². The quantitative estimate of drug-likeness (QED) is 0.398. The van der Waals surface area contributed by atoms with Gasteiger partial charge in [-0.2, -0.15) is 0 Å². The van der Waals surface area contributed by atoms with Crippen LogP contribution in [0.2, 0.25) is 0 Å². The van der Waals surface area contributed by atoms with E-state index >= 15 is 0 Å². The highest BCUT2D eigenvalue weighted by Crippen LogP contribution is 2.15. The van der Waals surface area contributed by atoms with Crippen LogP contribution in [0.3, 0.4) is 0 Å². The average molecular weight is 366 g/mol. The van der Waals surface area contributed by atoms with Crippen LogP contribution in [0.1, 0.15) is 53.5 Å². The van der Waals surface area contributed by atoms with E-state index in [2.05, 4.69) is 0 Å². The zero-order valence-corrected chi connectivity index (χ0v) is 16.5. The number of carbonyl (C=O) groups is 2. The van der Waals surface area contributed by atoms with E-state index in [0.29, 0.717) is 6.61 Å². The number of carbonyl (C=O) groups excluding carboxylic acids is 2. The van der Waals surface area contributed by atoms with E-state index in [-0.39, 0.29) is 13.2 Å². The van der Waals surface area contributed by atoms with Crippen molar-refractivity contribution >= 4 is 11.9 Å². The summed E-state index contributed by atoms with van der Waals surface area (Å²) in [5, 5.41) is 0. The molecule has 0 aliphatic heterocycles. The summed E-state index contributed by atoms with van der Waals surface area (Å²) in [6, 6.07) is 9.58. The van der Waals surface area contributed by atoms with Crippen molar-refractivity contribution in [2.24, 2.45) is 0 Å². The Morgan fingerprint density at radius 3 is 2.04 bits per heavy atom.